The molecule has 0 fully saturated rings. The first-order valence-electron chi connectivity index (χ1n) is 11.4. The molecule has 0 unspecified atom stereocenters. The molecular weight excluding hydrogens is 400 g/mol. The second kappa shape index (κ2) is 7.32. The molecule has 1 aliphatic rings. The average Bonchev–Trinajstić information content (AvgIpc) is 3.06. The summed E-state index contributed by atoms with van der Waals surface area (Å²) < 4.78 is 0. The normalized spacial score (nSPS) is 13.7. The Morgan fingerprint density at radius 1 is 0.500 bits per heavy atom. The minimum atomic E-state index is -1.62. The number of hydrogen-bond donors (Lipinski definition) is 0. The molecule has 0 atom stereocenters. The highest BCUT2D eigenvalue weighted by Crippen LogP contribution is 2.30. The smallest absolute Gasteiger partial charge is 0.0623 e. The molecule has 5 aromatic rings. The molecule has 0 aliphatic carbocycles. The fourth-order valence-electron chi connectivity index (χ4n) is 5.33. The molecule has 1 heterocycles. The molecule has 0 saturated heterocycles. The predicted octanol–water partition coefficient (Wildman–Crippen LogP) is 6.90. The fourth-order valence-corrected chi connectivity index (χ4v) is 8.46. The Kier molecular flexibility index (Phi) is 4.41. The summed E-state index contributed by atoms with van der Waals surface area (Å²) in [6.45, 7) is 4.98. The number of benzene rings is 5. The van der Waals surface area contributed by atoms with Crippen LogP contribution in [0.2, 0.25) is 13.1 Å². The molecule has 0 amide bonds. The molecule has 6 rings (SSSR count). The third kappa shape index (κ3) is 3.13. The van der Waals surface area contributed by atoms with Crippen molar-refractivity contribution < 1.29 is 0 Å². The van der Waals surface area contributed by atoms with Crippen molar-refractivity contribution in [2.24, 2.45) is 0 Å². The second-order valence-corrected chi connectivity index (χ2v) is 13.8. The summed E-state index contributed by atoms with van der Waals surface area (Å²) in [7, 11) is -1.62. The van der Waals surface area contributed by atoms with Crippen LogP contribution in [0.4, 0.5) is 0 Å². The molecule has 0 N–H and O–H groups in total. The topological polar surface area (TPSA) is 0 Å². The van der Waals surface area contributed by atoms with Gasteiger partial charge in [0, 0.05) is 0 Å². The summed E-state index contributed by atoms with van der Waals surface area (Å²) >= 11 is 0. The minimum Gasteiger partial charge on any atom is -0.0623 e. The van der Waals surface area contributed by atoms with Gasteiger partial charge in [-0.1, -0.05) is 116 Å². The first-order chi connectivity index (χ1) is 15.6. The maximum atomic E-state index is 2.49. The molecule has 1 aliphatic heterocycles. The van der Waals surface area contributed by atoms with Crippen LogP contribution < -0.4 is 10.4 Å². The highest BCUT2D eigenvalue weighted by atomic mass is 28.3. The van der Waals surface area contributed by atoms with Crippen molar-refractivity contribution in [2.45, 2.75) is 19.5 Å². The maximum absolute atomic E-state index is 2.49. The van der Waals surface area contributed by atoms with Crippen molar-refractivity contribution in [1.82, 2.24) is 0 Å². The van der Waals surface area contributed by atoms with E-state index in [1.807, 2.05) is 0 Å². The van der Waals surface area contributed by atoms with E-state index in [0.29, 0.717) is 0 Å². The van der Waals surface area contributed by atoms with Gasteiger partial charge in [0.15, 0.2) is 0 Å². The van der Waals surface area contributed by atoms with Gasteiger partial charge in [0.25, 0.3) is 0 Å². The van der Waals surface area contributed by atoms with Gasteiger partial charge in [-0.15, -0.1) is 0 Å². The third-order valence-corrected chi connectivity index (χ3v) is 10.6. The van der Waals surface area contributed by atoms with Crippen LogP contribution in [0.5, 0.6) is 0 Å². The zero-order chi connectivity index (χ0) is 21.7. The van der Waals surface area contributed by atoms with E-state index in [1.54, 1.807) is 10.4 Å². The summed E-state index contributed by atoms with van der Waals surface area (Å²) in [6.07, 6.45) is 0.968. The van der Waals surface area contributed by atoms with E-state index in [0.717, 1.165) is 6.42 Å². The van der Waals surface area contributed by atoms with E-state index in [-0.39, 0.29) is 0 Å². The lowest BCUT2D eigenvalue weighted by molar-refractivity contribution is 1.20. The number of fused-ring (bicyclic) bond motifs is 4. The van der Waals surface area contributed by atoms with E-state index in [2.05, 4.69) is 122 Å². The van der Waals surface area contributed by atoms with E-state index < -0.39 is 8.07 Å². The maximum Gasteiger partial charge on any atom is 0.113 e. The zero-order valence-electron chi connectivity index (χ0n) is 18.6. The molecular formula is C31H26Si. The first-order valence-corrected chi connectivity index (χ1v) is 14.4. The van der Waals surface area contributed by atoms with Gasteiger partial charge in [0.2, 0.25) is 0 Å². The second-order valence-electron chi connectivity index (χ2n) is 9.49. The van der Waals surface area contributed by atoms with E-state index in [9.17, 15) is 0 Å². The van der Waals surface area contributed by atoms with Crippen LogP contribution in [0.15, 0.2) is 109 Å². The van der Waals surface area contributed by atoms with Crippen LogP contribution in [0.1, 0.15) is 11.1 Å². The molecule has 5 aromatic carbocycles. The van der Waals surface area contributed by atoms with Gasteiger partial charge in [0.05, 0.1) is 0 Å². The largest absolute Gasteiger partial charge is 0.113 e. The van der Waals surface area contributed by atoms with Gasteiger partial charge in [-0.25, -0.2) is 0 Å². The number of rotatable bonds is 3. The third-order valence-electron chi connectivity index (χ3n) is 7.07. The molecule has 0 bridgehead atoms. The SMILES string of the molecule is C[Si]1(C)c2ccccc2-c2ccc(Cc3cccc(-c4ccc5ccccc5c4)c3)cc21. The lowest BCUT2D eigenvalue weighted by Gasteiger charge is -2.19. The molecule has 0 aromatic heterocycles. The van der Waals surface area contributed by atoms with Crippen molar-refractivity contribution in [3.63, 3.8) is 0 Å². The predicted molar refractivity (Wildman–Crippen MR) is 141 cm³/mol. The van der Waals surface area contributed by atoms with Crippen LogP contribution in [0.25, 0.3) is 33.0 Å². The van der Waals surface area contributed by atoms with Gasteiger partial charge in [-0.3, -0.25) is 0 Å². The summed E-state index contributed by atoms with van der Waals surface area (Å²) in [4.78, 5) is 0. The van der Waals surface area contributed by atoms with Crippen LogP contribution in [0, 0.1) is 0 Å². The molecule has 1 heteroatoms. The molecule has 0 nitrogen and oxygen atoms in total. The Balaban J connectivity index is 1.34. The Morgan fingerprint density at radius 3 is 2.12 bits per heavy atom. The minimum absolute atomic E-state index is 0.968. The summed E-state index contributed by atoms with van der Waals surface area (Å²) in [5, 5.41) is 5.74. The first kappa shape index (κ1) is 19.3. The van der Waals surface area contributed by atoms with Gasteiger partial charge < -0.3 is 0 Å². The van der Waals surface area contributed by atoms with Gasteiger partial charge in [0.1, 0.15) is 8.07 Å². The Labute approximate surface area is 191 Å². The molecule has 32 heavy (non-hydrogen) atoms. The lowest BCUT2D eigenvalue weighted by atomic mass is 9.96. The fraction of sp³-hybridized carbons (Fsp3) is 0.0968. The monoisotopic (exact) mass is 426 g/mol. The molecule has 0 spiro atoms. The average molecular weight is 427 g/mol. The summed E-state index contributed by atoms with van der Waals surface area (Å²) in [5.41, 5.74) is 8.24. The Bertz CT molecular complexity index is 1480. The highest BCUT2D eigenvalue weighted by Gasteiger charge is 2.37. The summed E-state index contributed by atoms with van der Waals surface area (Å²) in [5.74, 6) is 0. The quantitative estimate of drug-likeness (QED) is 0.275. The molecule has 0 radical (unpaired) electrons. The van der Waals surface area contributed by atoms with Crippen molar-refractivity contribution in [1.29, 1.82) is 0 Å². The van der Waals surface area contributed by atoms with Gasteiger partial charge >= 0.3 is 0 Å². The molecule has 154 valence electrons. The zero-order valence-corrected chi connectivity index (χ0v) is 19.6. The van der Waals surface area contributed by atoms with Crippen LogP contribution >= 0.6 is 0 Å². The van der Waals surface area contributed by atoms with Crippen LogP contribution in [0.3, 0.4) is 0 Å². The standard InChI is InChI=1S/C31H26Si/c1-32(2)30-13-6-5-12-28(30)29-17-14-23(20-31(29)32)18-22-8-7-11-25(19-22)27-16-15-24-9-3-4-10-26(24)21-27/h3-17,19-21H,18H2,1-2H3. The van der Waals surface area contributed by atoms with Crippen LogP contribution in [-0.2, 0) is 6.42 Å². The summed E-state index contributed by atoms with van der Waals surface area (Å²) in [6, 6.07) is 40.6. The highest BCUT2D eigenvalue weighted by molar-refractivity contribution is 7.03. The van der Waals surface area contributed by atoms with E-state index in [4.69, 9.17) is 0 Å². The van der Waals surface area contributed by atoms with Crippen LogP contribution in [-0.4, -0.2) is 8.07 Å². The molecule has 0 saturated carbocycles. The van der Waals surface area contributed by atoms with Crippen molar-refractivity contribution in [2.75, 3.05) is 0 Å². The van der Waals surface area contributed by atoms with E-state index >= 15 is 0 Å². The van der Waals surface area contributed by atoms with Gasteiger partial charge in [-0.2, -0.15) is 0 Å². The Hall–Kier alpha value is -3.42. The van der Waals surface area contributed by atoms with Gasteiger partial charge in [-0.05, 0) is 67.0 Å². The number of hydrogen-bond acceptors (Lipinski definition) is 0. The van der Waals surface area contributed by atoms with E-state index in [1.165, 1.54) is 44.2 Å². The lowest BCUT2D eigenvalue weighted by Crippen LogP contribution is -2.49. The van der Waals surface area contributed by atoms with Crippen molar-refractivity contribution in [3.8, 4) is 22.3 Å². The van der Waals surface area contributed by atoms with Crippen molar-refractivity contribution in [3.05, 3.63) is 120 Å². The Morgan fingerprint density at radius 2 is 1.22 bits per heavy atom. The van der Waals surface area contributed by atoms with Crippen molar-refractivity contribution >= 4 is 29.2 Å².